The van der Waals surface area contributed by atoms with E-state index in [1.807, 2.05) is 4.90 Å². The standard InChI is InChI=1S/C22H25F3N6O3/c1-11-12(2)20(26)27-7-15(11)16(32)9-31-17(22(23,24)25)3-4-29-19(33)6-18(28-21(29)31)30-8-14-5-13(30)10-34-14/h6-7,13-14,17H,3-5,8-10H2,1-2H3,(H2,26,27)/t13-,14+,17-/m0/s1. The molecule has 2 N–H and O–H groups in total. The number of carbonyl (C=O) groups excluding carboxylic acids is 1. The minimum Gasteiger partial charge on any atom is -0.383 e. The minimum atomic E-state index is -4.61. The van der Waals surface area contributed by atoms with Crippen LogP contribution in [0, 0.1) is 13.8 Å². The Labute approximate surface area is 193 Å². The van der Waals surface area contributed by atoms with Crippen LogP contribution in [0.5, 0.6) is 0 Å². The molecule has 3 aliphatic heterocycles. The van der Waals surface area contributed by atoms with Gasteiger partial charge in [0.15, 0.2) is 5.78 Å². The molecule has 2 fully saturated rings. The van der Waals surface area contributed by atoms with Gasteiger partial charge in [-0.25, -0.2) is 4.98 Å². The molecule has 0 aromatic carbocycles. The van der Waals surface area contributed by atoms with Crippen molar-refractivity contribution in [3.63, 3.8) is 0 Å². The fourth-order valence-corrected chi connectivity index (χ4v) is 5.05. The number of anilines is 3. The maximum atomic E-state index is 14.0. The molecule has 5 rings (SSSR count). The van der Waals surface area contributed by atoms with Crippen molar-refractivity contribution in [1.82, 2.24) is 14.5 Å². The lowest BCUT2D eigenvalue weighted by atomic mass is 10.0. The molecule has 3 aliphatic rings. The Morgan fingerprint density at radius 2 is 2.06 bits per heavy atom. The molecule has 0 unspecified atom stereocenters. The van der Waals surface area contributed by atoms with Crippen molar-refractivity contribution in [3.05, 3.63) is 39.3 Å². The summed E-state index contributed by atoms with van der Waals surface area (Å²) in [6.07, 6.45) is -2.87. The van der Waals surface area contributed by atoms with E-state index >= 15 is 0 Å². The number of rotatable bonds is 4. The van der Waals surface area contributed by atoms with Crippen molar-refractivity contribution in [2.24, 2.45) is 0 Å². The van der Waals surface area contributed by atoms with Crippen molar-refractivity contribution >= 4 is 23.4 Å². The molecule has 0 amide bonds. The number of nitrogen functional groups attached to an aromatic ring is 1. The summed E-state index contributed by atoms with van der Waals surface area (Å²) in [5.74, 6) is -0.129. The van der Waals surface area contributed by atoms with Gasteiger partial charge in [0.25, 0.3) is 5.56 Å². The highest BCUT2D eigenvalue weighted by Crippen LogP contribution is 2.36. The number of alkyl halides is 3. The average molecular weight is 478 g/mol. The number of ether oxygens (including phenoxy) is 1. The van der Waals surface area contributed by atoms with Gasteiger partial charge in [0, 0.05) is 30.9 Å². The highest BCUT2D eigenvalue weighted by atomic mass is 19.4. The van der Waals surface area contributed by atoms with E-state index in [1.54, 1.807) is 13.8 Å². The second-order valence-electron chi connectivity index (χ2n) is 9.11. The molecule has 34 heavy (non-hydrogen) atoms. The van der Waals surface area contributed by atoms with E-state index in [-0.39, 0.29) is 42.4 Å². The zero-order valence-corrected chi connectivity index (χ0v) is 18.8. The summed E-state index contributed by atoms with van der Waals surface area (Å²) in [5, 5.41) is 0. The van der Waals surface area contributed by atoms with E-state index in [0.29, 0.717) is 30.1 Å². The van der Waals surface area contributed by atoms with E-state index < -0.39 is 30.1 Å². The number of nitrogens with zero attached hydrogens (tertiary/aromatic N) is 5. The number of aromatic nitrogens is 3. The lowest BCUT2D eigenvalue weighted by Gasteiger charge is -2.39. The molecule has 12 heteroatoms. The third kappa shape index (κ3) is 3.69. The molecule has 0 radical (unpaired) electrons. The van der Waals surface area contributed by atoms with Gasteiger partial charge in [-0.1, -0.05) is 0 Å². The molecule has 182 valence electrons. The van der Waals surface area contributed by atoms with E-state index in [1.165, 1.54) is 16.8 Å². The van der Waals surface area contributed by atoms with Gasteiger partial charge >= 0.3 is 6.18 Å². The number of morpholine rings is 1. The third-order valence-electron chi connectivity index (χ3n) is 7.10. The molecule has 2 saturated heterocycles. The number of fused-ring (bicyclic) bond motifs is 3. The predicted molar refractivity (Wildman–Crippen MR) is 118 cm³/mol. The lowest BCUT2D eigenvalue weighted by molar-refractivity contribution is -0.152. The zero-order valence-electron chi connectivity index (χ0n) is 18.8. The summed E-state index contributed by atoms with van der Waals surface area (Å²) in [6, 6.07) is -0.557. The Kier molecular flexibility index (Phi) is 5.30. The first-order valence-corrected chi connectivity index (χ1v) is 11.1. The molecule has 0 aliphatic carbocycles. The number of ketones is 1. The Bertz CT molecular complexity index is 1210. The van der Waals surface area contributed by atoms with E-state index in [0.717, 1.165) is 11.3 Å². The maximum Gasteiger partial charge on any atom is 0.408 e. The van der Waals surface area contributed by atoms with Crippen molar-refractivity contribution in [1.29, 1.82) is 0 Å². The van der Waals surface area contributed by atoms with Crippen molar-refractivity contribution in [2.45, 2.75) is 57.6 Å². The smallest absolute Gasteiger partial charge is 0.383 e. The largest absolute Gasteiger partial charge is 0.408 e. The Morgan fingerprint density at radius 1 is 1.29 bits per heavy atom. The van der Waals surface area contributed by atoms with E-state index in [2.05, 4.69) is 9.97 Å². The number of carbonyl (C=O) groups is 1. The van der Waals surface area contributed by atoms with E-state index in [4.69, 9.17) is 10.5 Å². The molecular formula is C22H25F3N6O3. The monoisotopic (exact) mass is 478 g/mol. The van der Waals surface area contributed by atoms with Crippen LogP contribution in [0.3, 0.4) is 0 Å². The second kappa shape index (κ2) is 7.97. The number of pyridine rings is 1. The molecule has 0 spiro atoms. The molecular weight excluding hydrogens is 453 g/mol. The number of nitrogens with two attached hydrogens (primary N) is 1. The Hall–Kier alpha value is -3.15. The van der Waals surface area contributed by atoms with Crippen LogP contribution >= 0.6 is 0 Å². The van der Waals surface area contributed by atoms with Gasteiger partial charge in [0.1, 0.15) is 17.7 Å². The van der Waals surface area contributed by atoms with Crippen LogP contribution in [0.15, 0.2) is 17.1 Å². The van der Waals surface area contributed by atoms with Gasteiger partial charge < -0.3 is 20.3 Å². The van der Waals surface area contributed by atoms with Gasteiger partial charge in [-0.3, -0.25) is 14.2 Å². The number of Topliss-reactive ketones (excluding diaryl/α,β-unsaturated/α-hetero) is 1. The topological polar surface area (TPSA) is 107 Å². The molecule has 5 heterocycles. The van der Waals surface area contributed by atoms with Crippen LogP contribution in [0.2, 0.25) is 0 Å². The van der Waals surface area contributed by atoms with Crippen molar-refractivity contribution in [3.8, 4) is 0 Å². The number of halogens is 3. The average Bonchev–Trinajstić information content (AvgIpc) is 3.41. The van der Waals surface area contributed by atoms with Crippen LogP contribution in [0.25, 0.3) is 0 Å². The zero-order chi connectivity index (χ0) is 24.4. The first-order valence-electron chi connectivity index (χ1n) is 11.1. The summed E-state index contributed by atoms with van der Waals surface area (Å²) >= 11 is 0. The van der Waals surface area contributed by atoms with Crippen LogP contribution in [-0.4, -0.2) is 64.4 Å². The maximum absolute atomic E-state index is 14.0. The van der Waals surface area contributed by atoms with Crippen LogP contribution < -0.4 is 21.1 Å². The molecule has 0 saturated carbocycles. The fraction of sp³-hybridized carbons (Fsp3) is 0.545. The van der Waals surface area contributed by atoms with Crippen LogP contribution in [-0.2, 0) is 11.3 Å². The van der Waals surface area contributed by atoms with Gasteiger partial charge in [-0.2, -0.15) is 18.2 Å². The predicted octanol–water partition coefficient (Wildman–Crippen LogP) is 1.84. The summed E-state index contributed by atoms with van der Waals surface area (Å²) in [4.78, 5) is 37.4. The highest BCUT2D eigenvalue weighted by molar-refractivity contribution is 6.00. The first kappa shape index (κ1) is 22.6. The SMILES string of the molecule is Cc1c(C(=O)CN2c3nc(N4C[C@H]5C[C@H]4CO5)cc(=O)n3CC[C@H]2C(F)(F)F)cnc(N)c1C. The lowest BCUT2D eigenvalue weighted by Crippen LogP contribution is -2.54. The Balaban J connectivity index is 1.55. The molecule has 2 aromatic heterocycles. The molecule has 2 aromatic rings. The fourth-order valence-electron chi connectivity index (χ4n) is 5.05. The van der Waals surface area contributed by atoms with Crippen molar-refractivity contribution < 1.29 is 22.7 Å². The van der Waals surface area contributed by atoms with Gasteiger partial charge in [-0.05, 0) is 37.8 Å². The van der Waals surface area contributed by atoms with E-state index in [9.17, 15) is 22.8 Å². The molecule has 3 atom stereocenters. The molecule has 2 bridgehead atoms. The van der Waals surface area contributed by atoms with Gasteiger partial charge in [0.05, 0.1) is 25.3 Å². The minimum absolute atomic E-state index is 0.0235. The molecule has 9 nitrogen and oxygen atoms in total. The van der Waals surface area contributed by atoms with Crippen LogP contribution in [0.4, 0.5) is 30.8 Å². The van der Waals surface area contributed by atoms with Gasteiger partial charge in [0.2, 0.25) is 5.95 Å². The quantitative estimate of drug-likeness (QED) is 0.664. The second-order valence-corrected chi connectivity index (χ2v) is 9.11. The summed E-state index contributed by atoms with van der Waals surface area (Å²) in [7, 11) is 0. The summed E-state index contributed by atoms with van der Waals surface area (Å²) in [6.45, 7) is 3.66. The normalized spacial score (nSPS) is 24.0. The van der Waals surface area contributed by atoms with Crippen LogP contribution in [0.1, 0.15) is 34.3 Å². The summed E-state index contributed by atoms with van der Waals surface area (Å²) in [5.41, 5.74) is 6.70. The summed E-state index contributed by atoms with van der Waals surface area (Å²) < 4.78 is 48.9. The Morgan fingerprint density at radius 3 is 2.71 bits per heavy atom. The van der Waals surface area contributed by atoms with Gasteiger partial charge in [-0.15, -0.1) is 0 Å². The van der Waals surface area contributed by atoms with Crippen molar-refractivity contribution in [2.75, 3.05) is 35.2 Å². The highest BCUT2D eigenvalue weighted by Gasteiger charge is 2.48. The third-order valence-corrected chi connectivity index (χ3v) is 7.10. The number of hydrogen-bond donors (Lipinski definition) is 1. The number of hydrogen-bond acceptors (Lipinski definition) is 8. The first-order chi connectivity index (χ1) is 16.0.